The Hall–Kier alpha value is -0.120. The van der Waals surface area contributed by atoms with Crippen LogP contribution >= 0.6 is 0 Å². The fourth-order valence-electron chi connectivity index (χ4n) is 0.684. The molecule has 10 heavy (non-hydrogen) atoms. The average Bonchev–Trinajstić information content (AvgIpc) is 1.99. The predicted octanol–water partition coefficient (Wildman–Crippen LogP) is -0.0546. The van der Waals surface area contributed by atoms with Crippen LogP contribution in [0.3, 0.4) is 0 Å². The maximum Gasteiger partial charge on any atom is 0.0928 e. The second kappa shape index (κ2) is 5.65. The van der Waals surface area contributed by atoms with Gasteiger partial charge in [0, 0.05) is 13.7 Å². The second-order valence-corrected chi connectivity index (χ2v) is 2.40. The topological polar surface area (TPSA) is 32.7 Å². The lowest BCUT2D eigenvalue weighted by Gasteiger charge is -2.19. The van der Waals surface area contributed by atoms with Gasteiger partial charge in [0.15, 0.2) is 0 Å². The molecule has 1 N–H and O–H groups in total. The Morgan fingerprint density at radius 2 is 2.20 bits per heavy atom. The number of hydrogen-bond acceptors (Lipinski definition) is 3. The molecular weight excluding hydrogens is 130 g/mol. The minimum atomic E-state index is -0.0371. The quantitative estimate of drug-likeness (QED) is 0.591. The fourth-order valence-corrected chi connectivity index (χ4v) is 0.684. The molecule has 3 heteroatoms. The molecule has 0 aromatic carbocycles. The number of aliphatic hydroxyl groups excluding tert-OH is 1. The zero-order valence-electron chi connectivity index (χ0n) is 7.00. The largest absolute Gasteiger partial charge is 0.394 e. The number of likely N-dealkylation sites (N-methyl/N-ethyl adjacent to an activating group) is 1. The highest BCUT2D eigenvalue weighted by atomic mass is 16.5. The van der Waals surface area contributed by atoms with Crippen molar-refractivity contribution in [3.05, 3.63) is 0 Å². The SMILES string of the molecule is CCN(C)CC(CO)OC. The van der Waals surface area contributed by atoms with Crippen molar-refractivity contribution in [3.8, 4) is 0 Å². The fraction of sp³-hybridized carbons (Fsp3) is 1.00. The summed E-state index contributed by atoms with van der Waals surface area (Å²) in [5, 5.41) is 8.72. The van der Waals surface area contributed by atoms with Gasteiger partial charge >= 0.3 is 0 Å². The van der Waals surface area contributed by atoms with Gasteiger partial charge in [-0.1, -0.05) is 6.92 Å². The standard InChI is InChI=1S/C7H17NO2/c1-4-8(2)5-7(6-9)10-3/h7,9H,4-6H2,1-3H3. The first-order valence-corrected chi connectivity index (χ1v) is 3.56. The zero-order chi connectivity index (χ0) is 7.98. The molecule has 0 rings (SSSR count). The predicted molar refractivity (Wildman–Crippen MR) is 41.1 cm³/mol. The molecular formula is C7H17NO2. The van der Waals surface area contributed by atoms with Crippen LogP contribution in [-0.4, -0.2) is 50.0 Å². The molecule has 0 aromatic rings. The number of rotatable bonds is 5. The number of nitrogens with zero attached hydrogens (tertiary/aromatic N) is 1. The lowest BCUT2D eigenvalue weighted by Crippen LogP contribution is -2.32. The van der Waals surface area contributed by atoms with Crippen molar-refractivity contribution in [1.82, 2.24) is 4.90 Å². The maximum atomic E-state index is 8.72. The van der Waals surface area contributed by atoms with Crippen LogP contribution in [0.5, 0.6) is 0 Å². The van der Waals surface area contributed by atoms with Gasteiger partial charge in [0.2, 0.25) is 0 Å². The molecule has 0 aromatic heterocycles. The van der Waals surface area contributed by atoms with Crippen molar-refractivity contribution in [1.29, 1.82) is 0 Å². The van der Waals surface area contributed by atoms with Gasteiger partial charge < -0.3 is 14.7 Å². The van der Waals surface area contributed by atoms with Crippen molar-refractivity contribution >= 4 is 0 Å². The van der Waals surface area contributed by atoms with E-state index in [0.29, 0.717) is 0 Å². The lowest BCUT2D eigenvalue weighted by molar-refractivity contribution is 0.0283. The third-order valence-electron chi connectivity index (χ3n) is 1.59. The van der Waals surface area contributed by atoms with Gasteiger partial charge in [0.25, 0.3) is 0 Å². The molecule has 0 fully saturated rings. The molecule has 0 aliphatic carbocycles. The third kappa shape index (κ3) is 3.82. The van der Waals surface area contributed by atoms with Gasteiger partial charge in [-0.05, 0) is 13.6 Å². The highest BCUT2D eigenvalue weighted by Gasteiger charge is 2.06. The van der Waals surface area contributed by atoms with Crippen LogP contribution in [0.1, 0.15) is 6.92 Å². The lowest BCUT2D eigenvalue weighted by atomic mass is 10.3. The molecule has 1 atom stereocenters. The highest BCUT2D eigenvalue weighted by molar-refractivity contribution is 4.59. The van der Waals surface area contributed by atoms with E-state index in [2.05, 4.69) is 11.8 Å². The molecule has 0 amide bonds. The van der Waals surface area contributed by atoms with E-state index >= 15 is 0 Å². The molecule has 0 bridgehead atoms. The van der Waals surface area contributed by atoms with E-state index in [1.54, 1.807) is 7.11 Å². The molecule has 0 aliphatic heterocycles. The van der Waals surface area contributed by atoms with Gasteiger partial charge in [0.05, 0.1) is 12.7 Å². The molecule has 0 spiro atoms. The summed E-state index contributed by atoms with van der Waals surface area (Å²) in [5.41, 5.74) is 0. The van der Waals surface area contributed by atoms with Crippen LogP contribution in [0.4, 0.5) is 0 Å². The first-order chi connectivity index (χ1) is 4.74. The maximum absolute atomic E-state index is 8.72. The van der Waals surface area contributed by atoms with Gasteiger partial charge in [-0.2, -0.15) is 0 Å². The minimum Gasteiger partial charge on any atom is -0.394 e. The number of hydrogen-bond donors (Lipinski definition) is 1. The Kier molecular flexibility index (Phi) is 5.58. The third-order valence-corrected chi connectivity index (χ3v) is 1.59. The van der Waals surface area contributed by atoms with Crippen LogP contribution in [0.25, 0.3) is 0 Å². The summed E-state index contributed by atoms with van der Waals surface area (Å²) >= 11 is 0. The Morgan fingerprint density at radius 3 is 2.50 bits per heavy atom. The van der Waals surface area contributed by atoms with E-state index in [4.69, 9.17) is 9.84 Å². The normalized spacial score (nSPS) is 14.1. The Morgan fingerprint density at radius 1 is 1.60 bits per heavy atom. The first kappa shape index (κ1) is 9.88. The number of ether oxygens (including phenoxy) is 1. The summed E-state index contributed by atoms with van der Waals surface area (Å²) in [5.74, 6) is 0. The molecule has 0 heterocycles. The van der Waals surface area contributed by atoms with Crippen molar-refractivity contribution in [2.75, 3.05) is 33.9 Å². The Balaban J connectivity index is 3.41. The summed E-state index contributed by atoms with van der Waals surface area (Å²) in [6.45, 7) is 3.95. The zero-order valence-corrected chi connectivity index (χ0v) is 7.00. The molecule has 0 aliphatic rings. The molecule has 0 saturated heterocycles. The number of aliphatic hydroxyl groups is 1. The molecule has 0 radical (unpaired) electrons. The summed E-state index contributed by atoms with van der Waals surface area (Å²) in [7, 11) is 3.62. The van der Waals surface area contributed by atoms with Gasteiger partial charge in [-0.3, -0.25) is 0 Å². The van der Waals surface area contributed by atoms with Crippen molar-refractivity contribution in [3.63, 3.8) is 0 Å². The van der Waals surface area contributed by atoms with Crippen LogP contribution in [0.15, 0.2) is 0 Å². The van der Waals surface area contributed by atoms with E-state index in [9.17, 15) is 0 Å². The van der Waals surface area contributed by atoms with Crippen molar-refractivity contribution < 1.29 is 9.84 Å². The van der Waals surface area contributed by atoms with Crippen LogP contribution in [0, 0.1) is 0 Å². The summed E-state index contributed by atoms with van der Waals surface area (Å²) in [6.07, 6.45) is -0.0371. The Labute approximate surface area is 62.6 Å². The number of methoxy groups -OCH3 is 1. The monoisotopic (exact) mass is 147 g/mol. The van der Waals surface area contributed by atoms with E-state index in [0.717, 1.165) is 13.1 Å². The van der Waals surface area contributed by atoms with E-state index in [-0.39, 0.29) is 12.7 Å². The summed E-state index contributed by atoms with van der Waals surface area (Å²) < 4.78 is 4.98. The molecule has 1 unspecified atom stereocenters. The van der Waals surface area contributed by atoms with Crippen LogP contribution in [-0.2, 0) is 4.74 Å². The molecule has 62 valence electrons. The van der Waals surface area contributed by atoms with Gasteiger partial charge in [-0.25, -0.2) is 0 Å². The summed E-state index contributed by atoms with van der Waals surface area (Å²) in [6, 6.07) is 0. The molecule has 3 nitrogen and oxygen atoms in total. The minimum absolute atomic E-state index is 0.0371. The van der Waals surface area contributed by atoms with Gasteiger partial charge in [-0.15, -0.1) is 0 Å². The van der Waals surface area contributed by atoms with Crippen molar-refractivity contribution in [2.24, 2.45) is 0 Å². The average molecular weight is 147 g/mol. The summed E-state index contributed by atoms with van der Waals surface area (Å²) in [4.78, 5) is 2.10. The van der Waals surface area contributed by atoms with E-state index in [1.807, 2.05) is 7.05 Å². The van der Waals surface area contributed by atoms with E-state index < -0.39 is 0 Å². The van der Waals surface area contributed by atoms with Gasteiger partial charge in [0.1, 0.15) is 0 Å². The second-order valence-electron chi connectivity index (χ2n) is 2.40. The smallest absolute Gasteiger partial charge is 0.0928 e. The van der Waals surface area contributed by atoms with Crippen molar-refractivity contribution in [2.45, 2.75) is 13.0 Å². The Bertz CT molecular complexity index is 74.0. The first-order valence-electron chi connectivity index (χ1n) is 3.56. The molecule has 0 saturated carbocycles. The van der Waals surface area contributed by atoms with Crippen LogP contribution in [0.2, 0.25) is 0 Å². The van der Waals surface area contributed by atoms with Crippen LogP contribution < -0.4 is 0 Å². The van der Waals surface area contributed by atoms with E-state index in [1.165, 1.54) is 0 Å². The highest BCUT2D eigenvalue weighted by Crippen LogP contribution is 1.91.